The van der Waals surface area contributed by atoms with E-state index >= 15 is 0 Å². The van der Waals surface area contributed by atoms with Crippen molar-refractivity contribution in [2.45, 2.75) is 5.03 Å². The van der Waals surface area contributed by atoms with Crippen LogP contribution < -0.4 is 5.32 Å². The lowest BCUT2D eigenvalue weighted by Gasteiger charge is -2.07. The van der Waals surface area contributed by atoms with Crippen molar-refractivity contribution in [3.63, 3.8) is 0 Å². The topological polar surface area (TPSA) is 98.0 Å². The number of rotatable bonds is 5. The van der Waals surface area contributed by atoms with Crippen LogP contribution in [-0.2, 0) is 4.79 Å². The molecule has 0 fully saturated rings. The smallest absolute Gasteiger partial charge is 0.271 e. The number of thiophene rings is 1. The molecule has 0 saturated heterocycles. The number of carbonyl (C=O) groups is 1. The van der Waals surface area contributed by atoms with Crippen LogP contribution in [0.3, 0.4) is 0 Å². The van der Waals surface area contributed by atoms with Gasteiger partial charge in [-0.1, -0.05) is 23.4 Å². The van der Waals surface area contributed by atoms with Crippen LogP contribution in [0.2, 0.25) is 5.02 Å². The van der Waals surface area contributed by atoms with Crippen molar-refractivity contribution in [3.05, 3.63) is 51.1 Å². The van der Waals surface area contributed by atoms with E-state index in [0.717, 1.165) is 15.2 Å². The zero-order chi connectivity index (χ0) is 17.1. The van der Waals surface area contributed by atoms with Gasteiger partial charge in [0.25, 0.3) is 5.69 Å². The molecular formula is C14H9ClN4O3S2. The zero-order valence-electron chi connectivity index (χ0n) is 11.9. The molecule has 3 aromatic rings. The largest absolute Gasteiger partial charge is 0.324 e. The molecule has 122 valence electrons. The van der Waals surface area contributed by atoms with Gasteiger partial charge in [-0.3, -0.25) is 14.9 Å². The lowest BCUT2D eigenvalue weighted by molar-refractivity contribution is -0.384. The van der Waals surface area contributed by atoms with Gasteiger partial charge in [-0.25, -0.2) is 9.97 Å². The number of anilines is 1. The lowest BCUT2D eigenvalue weighted by Crippen LogP contribution is -2.14. The Bertz CT molecular complexity index is 931. The van der Waals surface area contributed by atoms with Crippen molar-refractivity contribution in [1.29, 1.82) is 0 Å². The van der Waals surface area contributed by atoms with Crippen LogP contribution in [0, 0.1) is 10.1 Å². The molecule has 2 heterocycles. The summed E-state index contributed by atoms with van der Waals surface area (Å²) in [6.45, 7) is 0. The third-order valence-corrected chi connectivity index (χ3v) is 5.14. The summed E-state index contributed by atoms with van der Waals surface area (Å²) in [7, 11) is 0. The minimum absolute atomic E-state index is 0.116. The Balaban J connectivity index is 1.66. The second-order valence-electron chi connectivity index (χ2n) is 4.58. The van der Waals surface area contributed by atoms with Crippen molar-refractivity contribution >= 4 is 62.2 Å². The molecule has 10 heteroatoms. The van der Waals surface area contributed by atoms with Gasteiger partial charge in [0.2, 0.25) is 5.91 Å². The second kappa shape index (κ2) is 7.12. The highest BCUT2D eigenvalue weighted by Gasteiger charge is 2.13. The maximum absolute atomic E-state index is 12.1. The Hall–Kier alpha value is -2.23. The van der Waals surface area contributed by atoms with Crippen LogP contribution in [0.5, 0.6) is 0 Å². The molecule has 1 amide bonds. The molecule has 0 unspecified atom stereocenters. The number of halogens is 1. The fourth-order valence-corrected chi connectivity index (χ4v) is 3.72. The van der Waals surface area contributed by atoms with Gasteiger partial charge in [0.1, 0.15) is 16.2 Å². The third kappa shape index (κ3) is 3.64. The molecule has 3 rings (SSSR count). The molecule has 0 radical (unpaired) electrons. The van der Waals surface area contributed by atoms with Gasteiger partial charge < -0.3 is 5.32 Å². The van der Waals surface area contributed by atoms with Gasteiger partial charge in [0.15, 0.2) is 0 Å². The minimum Gasteiger partial charge on any atom is -0.324 e. The number of hydrogen-bond donors (Lipinski definition) is 1. The SMILES string of the molecule is O=C(CSc1ncnc2sccc12)Nc1ccc([N+](=O)[O-])cc1Cl. The van der Waals surface area contributed by atoms with Gasteiger partial charge in [-0.05, 0) is 17.5 Å². The molecule has 0 spiro atoms. The van der Waals surface area contributed by atoms with Crippen molar-refractivity contribution in [3.8, 4) is 0 Å². The fraction of sp³-hybridized carbons (Fsp3) is 0.0714. The van der Waals surface area contributed by atoms with Gasteiger partial charge in [-0.15, -0.1) is 11.3 Å². The average molecular weight is 381 g/mol. The van der Waals surface area contributed by atoms with Crippen molar-refractivity contribution in [2.24, 2.45) is 0 Å². The number of nitro groups is 1. The number of fused-ring (bicyclic) bond motifs is 1. The zero-order valence-corrected chi connectivity index (χ0v) is 14.3. The summed E-state index contributed by atoms with van der Waals surface area (Å²) >= 11 is 8.75. The van der Waals surface area contributed by atoms with Crippen LogP contribution in [0.15, 0.2) is 41.0 Å². The minimum atomic E-state index is -0.547. The molecule has 7 nitrogen and oxygen atoms in total. The molecule has 0 bridgehead atoms. The van der Waals surface area contributed by atoms with Gasteiger partial charge in [-0.2, -0.15) is 0 Å². The standard InChI is InChI=1S/C14H9ClN4O3S2/c15-10-5-8(19(21)22)1-2-11(10)18-12(20)6-24-14-9-3-4-23-13(9)16-7-17-14/h1-5,7H,6H2,(H,18,20). The monoisotopic (exact) mass is 380 g/mol. The van der Waals surface area contributed by atoms with Gasteiger partial charge in [0, 0.05) is 17.5 Å². The molecular weight excluding hydrogens is 372 g/mol. The fourth-order valence-electron chi connectivity index (χ4n) is 1.92. The first-order chi connectivity index (χ1) is 11.5. The summed E-state index contributed by atoms with van der Waals surface area (Å²) in [5, 5.41) is 17.0. The first-order valence-electron chi connectivity index (χ1n) is 6.59. The first kappa shape index (κ1) is 16.6. The predicted octanol–water partition coefficient (Wildman–Crippen LogP) is 3.98. The number of hydrogen-bond acceptors (Lipinski definition) is 7. The van der Waals surface area contributed by atoms with E-state index in [1.807, 2.05) is 11.4 Å². The van der Waals surface area contributed by atoms with Crippen molar-refractivity contribution in [2.75, 3.05) is 11.1 Å². The second-order valence-corrected chi connectivity index (χ2v) is 6.84. The van der Waals surface area contributed by atoms with E-state index in [2.05, 4.69) is 15.3 Å². The molecule has 1 N–H and O–H groups in total. The van der Waals surface area contributed by atoms with E-state index in [9.17, 15) is 14.9 Å². The third-order valence-electron chi connectivity index (χ3n) is 3.00. The van der Waals surface area contributed by atoms with Gasteiger partial charge >= 0.3 is 0 Å². The van der Waals surface area contributed by atoms with E-state index in [0.29, 0.717) is 5.69 Å². The Labute approximate surface area is 149 Å². The number of benzene rings is 1. The average Bonchev–Trinajstić information content (AvgIpc) is 3.03. The molecule has 0 atom stereocenters. The first-order valence-corrected chi connectivity index (χ1v) is 8.83. The normalized spacial score (nSPS) is 10.7. The summed E-state index contributed by atoms with van der Waals surface area (Å²) in [6, 6.07) is 5.80. The predicted molar refractivity (Wildman–Crippen MR) is 94.9 cm³/mol. The van der Waals surface area contributed by atoms with E-state index in [1.54, 1.807) is 0 Å². The molecule has 0 aliphatic carbocycles. The van der Waals surface area contributed by atoms with Gasteiger partial charge in [0.05, 0.1) is 21.4 Å². The van der Waals surface area contributed by atoms with Crippen LogP contribution in [-0.4, -0.2) is 26.6 Å². The van der Waals surface area contributed by atoms with E-state index < -0.39 is 4.92 Å². The van der Waals surface area contributed by atoms with Crippen LogP contribution >= 0.6 is 34.7 Å². The number of nitrogens with one attached hydrogen (secondary N) is 1. The van der Waals surface area contributed by atoms with E-state index in [-0.39, 0.29) is 22.4 Å². The van der Waals surface area contributed by atoms with E-state index in [1.165, 1.54) is 47.6 Å². The van der Waals surface area contributed by atoms with Crippen molar-refractivity contribution in [1.82, 2.24) is 9.97 Å². The number of nitro benzene ring substituents is 1. The summed E-state index contributed by atoms with van der Waals surface area (Å²) in [5.74, 6) is -0.146. The molecule has 2 aromatic heterocycles. The summed E-state index contributed by atoms with van der Waals surface area (Å²) in [4.78, 5) is 31.4. The number of amides is 1. The molecule has 24 heavy (non-hydrogen) atoms. The number of nitrogens with zero attached hydrogens (tertiary/aromatic N) is 3. The van der Waals surface area contributed by atoms with Crippen LogP contribution in [0.1, 0.15) is 0 Å². The highest BCUT2D eigenvalue weighted by Crippen LogP contribution is 2.29. The Morgan fingerprint density at radius 1 is 1.38 bits per heavy atom. The highest BCUT2D eigenvalue weighted by atomic mass is 35.5. The highest BCUT2D eigenvalue weighted by molar-refractivity contribution is 8.00. The molecule has 0 aliphatic rings. The Morgan fingerprint density at radius 2 is 2.21 bits per heavy atom. The van der Waals surface area contributed by atoms with E-state index in [4.69, 9.17) is 11.6 Å². The summed E-state index contributed by atoms with van der Waals surface area (Å²) in [6.07, 6.45) is 1.46. The number of non-ortho nitro benzene ring substituents is 1. The molecule has 0 saturated carbocycles. The Kier molecular flexibility index (Phi) is 4.93. The van der Waals surface area contributed by atoms with Crippen LogP contribution in [0.25, 0.3) is 10.2 Å². The number of carbonyl (C=O) groups excluding carboxylic acids is 1. The quantitative estimate of drug-likeness (QED) is 0.311. The molecule has 1 aromatic carbocycles. The van der Waals surface area contributed by atoms with Crippen LogP contribution in [0.4, 0.5) is 11.4 Å². The van der Waals surface area contributed by atoms with Crippen molar-refractivity contribution < 1.29 is 9.72 Å². The maximum Gasteiger partial charge on any atom is 0.271 e. The number of aromatic nitrogens is 2. The summed E-state index contributed by atoms with van der Waals surface area (Å²) in [5.41, 5.74) is 0.199. The molecule has 0 aliphatic heterocycles. The Morgan fingerprint density at radius 3 is 2.96 bits per heavy atom. The maximum atomic E-state index is 12.1. The number of thioether (sulfide) groups is 1. The lowest BCUT2D eigenvalue weighted by atomic mass is 10.3. The summed E-state index contributed by atoms with van der Waals surface area (Å²) < 4.78 is 0.